The number of nitrogens with one attached hydrogen (secondary N) is 1. The van der Waals surface area contributed by atoms with Crippen molar-refractivity contribution in [3.8, 4) is 5.75 Å². The van der Waals surface area contributed by atoms with E-state index in [0.29, 0.717) is 18.0 Å². The zero-order valence-corrected chi connectivity index (χ0v) is 16.2. The Hall–Kier alpha value is -2.65. The summed E-state index contributed by atoms with van der Waals surface area (Å²) >= 11 is 0. The van der Waals surface area contributed by atoms with Crippen molar-refractivity contribution in [1.82, 2.24) is 4.31 Å². The van der Waals surface area contributed by atoms with Gasteiger partial charge in [-0.25, -0.2) is 8.70 Å². The second kappa shape index (κ2) is 8.83. The molecule has 0 unspecified atom stereocenters. The fourth-order valence-corrected chi connectivity index (χ4v) is 3.34. The van der Waals surface area contributed by atoms with Crippen molar-refractivity contribution in [2.45, 2.75) is 6.92 Å². The lowest BCUT2D eigenvalue weighted by atomic mass is 10.3. The smallest absolute Gasteiger partial charge is 0.304 e. The van der Waals surface area contributed by atoms with Crippen molar-refractivity contribution in [2.24, 2.45) is 0 Å². The number of hydrogen-bond acceptors (Lipinski definition) is 4. The van der Waals surface area contributed by atoms with E-state index in [0.717, 1.165) is 20.7 Å². The van der Waals surface area contributed by atoms with Gasteiger partial charge in [-0.15, -0.1) is 0 Å². The maximum atomic E-state index is 13.2. The van der Waals surface area contributed by atoms with Crippen LogP contribution in [-0.2, 0) is 15.0 Å². The maximum absolute atomic E-state index is 13.2. The number of benzene rings is 2. The molecule has 0 fully saturated rings. The molecule has 0 saturated heterocycles. The van der Waals surface area contributed by atoms with Crippen molar-refractivity contribution >= 4 is 27.5 Å². The fraction of sp³-hybridized carbons (Fsp3) is 0.278. The van der Waals surface area contributed by atoms with Crippen molar-refractivity contribution in [3.05, 3.63) is 54.3 Å². The molecule has 0 radical (unpaired) electrons. The first-order chi connectivity index (χ1) is 12.8. The van der Waals surface area contributed by atoms with Gasteiger partial charge in [0.1, 0.15) is 18.1 Å². The Kier molecular flexibility index (Phi) is 6.75. The Morgan fingerprint density at radius 3 is 2.33 bits per heavy atom. The molecule has 27 heavy (non-hydrogen) atoms. The molecule has 0 bridgehead atoms. The topological polar surface area (TPSA) is 79.0 Å². The van der Waals surface area contributed by atoms with E-state index in [1.54, 1.807) is 24.3 Å². The molecule has 0 heterocycles. The zero-order chi connectivity index (χ0) is 20.0. The standard InChI is InChI=1S/C18H22FN3O4S/c1-4-26-17-8-6-5-7-16(17)20-18(23)13-22(27(24,25)21(2)3)15-11-9-14(19)10-12-15/h5-12H,4,13H2,1-3H3,(H,20,23). The molecule has 7 nitrogen and oxygen atoms in total. The SMILES string of the molecule is CCOc1ccccc1NC(=O)CN(c1ccc(F)cc1)S(=O)(=O)N(C)C. The quantitative estimate of drug-likeness (QED) is 0.745. The first-order valence-corrected chi connectivity index (χ1v) is 9.62. The number of halogens is 1. The molecule has 2 rings (SSSR count). The van der Waals surface area contributed by atoms with Gasteiger partial charge in [-0.05, 0) is 43.3 Å². The van der Waals surface area contributed by atoms with E-state index in [4.69, 9.17) is 4.74 Å². The van der Waals surface area contributed by atoms with E-state index in [-0.39, 0.29) is 5.69 Å². The second-order valence-corrected chi connectivity index (χ2v) is 7.82. The number of nitrogens with zero attached hydrogens (tertiary/aromatic N) is 2. The van der Waals surface area contributed by atoms with Gasteiger partial charge in [-0.3, -0.25) is 4.79 Å². The van der Waals surface area contributed by atoms with E-state index in [9.17, 15) is 17.6 Å². The molecule has 0 spiro atoms. The molecule has 2 aromatic carbocycles. The van der Waals surface area contributed by atoms with Gasteiger partial charge in [0.2, 0.25) is 5.91 Å². The number of ether oxygens (including phenoxy) is 1. The summed E-state index contributed by atoms with van der Waals surface area (Å²) < 4.78 is 45.8. The molecule has 1 N–H and O–H groups in total. The van der Waals surface area contributed by atoms with E-state index in [2.05, 4.69) is 5.32 Å². The van der Waals surface area contributed by atoms with Gasteiger partial charge in [0.15, 0.2) is 0 Å². The Morgan fingerprint density at radius 1 is 1.11 bits per heavy atom. The summed E-state index contributed by atoms with van der Waals surface area (Å²) in [6.07, 6.45) is 0. The second-order valence-electron chi connectivity index (χ2n) is 5.75. The van der Waals surface area contributed by atoms with Crippen LogP contribution in [0.2, 0.25) is 0 Å². The minimum Gasteiger partial charge on any atom is -0.492 e. The number of hydrogen-bond donors (Lipinski definition) is 1. The van der Waals surface area contributed by atoms with Gasteiger partial charge < -0.3 is 10.1 Å². The first kappa shape index (κ1) is 20.7. The number of carbonyl (C=O) groups excluding carboxylic acids is 1. The minimum absolute atomic E-state index is 0.179. The summed E-state index contributed by atoms with van der Waals surface area (Å²) in [5.41, 5.74) is 0.615. The number of amides is 1. The predicted molar refractivity (Wildman–Crippen MR) is 103 cm³/mol. The van der Waals surface area contributed by atoms with Crippen LogP contribution in [0.15, 0.2) is 48.5 Å². The lowest BCUT2D eigenvalue weighted by Gasteiger charge is -2.27. The third-order valence-corrected chi connectivity index (χ3v) is 5.42. The van der Waals surface area contributed by atoms with E-state index >= 15 is 0 Å². The highest BCUT2D eigenvalue weighted by molar-refractivity contribution is 7.90. The molecule has 0 aromatic heterocycles. The van der Waals surface area contributed by atoms with E-state index < -0.39 is 28.5 Å². The number of carbonyl (C=O) groups is 1. The van der Waals surface area contributed by atoms with E-state index in [1.165, 1.54) is 26.2 Å². The highest BCUT2D eigenvalue weighted by Crippen LogP contribution is 2.24. The molecule has 9 heteroatoms. The molecule has 2 aromatic rings. The number of anilines is 2. The summed E-state index contributed by atoms with van der Waals surface area (Å²) in [7, 11) is -1.25. The molecule has 0 aliphatic rings. The average Bonchev–Trinajstić information content (AvgIpc) is 2.62. The largest absolute Gasteiger partial charge is 0.492 e. The molecule has 0 saturated carbocycles. The van der Waals surface area contributed by atoms with Crippen molar-refractivity contribution in [1.29, 1.82) is 0 Å². The van der Waals surface area contributed by atoms with Crippen LogP contribution in [0.5, 0.6) is 5.75 Å². The van der Waals surface area contributed by atoms with Gasteiger partial charge in [0, 0.05) is 14.1 Å². The number of para-hydroxylation sites is 2. The zero-order valence-electron chi connectivity index (χ0n) is 15.3. The third kappa shape index (κ3) is 5.18. The Labute approximate surface area is 158 Å². The molecule has 0 aliphatic heterocycles. The monoisotopic (exact) mass is 395 g/mol. The Bertz CT molecular complexity index is 886. The van der Waals surface area contributed by atoms with E-state index in [1.807, 2.05) is 6.92 Å². The van der Waals surface area contributed by atoms with Crippen molar-refractivity contribution < 1.29 is 22.3 Å². The summed E-state index contributed by atoms with van der Waals surface area (Å²) in [6, 6.07) is 11.7. The van der Waals surface area contributed by atoms with Crippen LogP contribution in [0.25, 0.3) is 0 Å². The van der Waals surface area contributed by atoms with Gasteiger partial charge in [0.25, 0.3) is 0 Å². The molecule has 1 amide bonds. The van der Waals surface area contributed by atoms with Crippen molar-refractivity contribution in [3.63, 3.8) is 0 Å². The van der Waals surface area contributed by atoms with Crippen LogP contribution in [0.4, 0.5) is 15.8 Å². The summed E-state index contributed by atoms with van der Waals surface area (Å²) in [5.74, 6) is -0.579. The van der Waals surface area contributed by atoms with Crippen LogP contribution < -0.4 is 14.4 Å². The lowest BCUT2D eigenvalue weighted by Crippen LogP contribution is -2.44. The molecule has 0 atom stereocenters. The average molecular weight is 395 g/mol. The van der Waals surface area contributed by atoms with Crippen LogP contribution in [0.1, 0.15) is 6.92 Å². The van der Waals surface area contributed by atoms with Crippen LogP contribution in [-0.4, -0.2) is 45.9 Å². The molecular weight excluding hydrogens is 373 g/mol. The van der Waals surface area contributed by atoms with Gasteiger partial charge in [-0.1, -0.05) is 12.1 Å². The predicted octanol–water partition coefficient (Wildman–Crippen LogP) is 2.48. The van der Waals surface area contributed by atoms with Crippen LogP contribution in [0.3, 0.4) is 0 Å². The molecular formula is C18H22FN3O4S. The van der Waals surface area contributed by atoms with Crippen LogP contribution in [0, 0.1) is 5.82 Å². The first-order valence-electron chi connectivity index (χ1n) is 8.23. The van der Waals surface area contributed by atoms with Gasteiger partial charge >= 0.3 is 10.2 Å². The van der Waals surface area contributed by atoms with Gasteiger partial charge in [0.05, 0.1) is 18.0 Å². The fourth-order valence-electron chi connectivity index (χ4n) is 2.28. The molecule has 146 valence electrons. The summed E-state index contributed by atoms with van der Waals surface area (Å²) in [6.45, 7) is 1.76. The summed E-state index contributed by atoms with van der Waals surface area (Å²) in [4.78, 5) is 12.5. The van der Waals surface area contributed by atoms with Crippen LogP contribution >= 0.6 is 0 Å². The van der Waals surface area contributed by atoms with Gasteiger partial charge in [-0.2, -0.15) is 12.7 Å². The lowest BCUT2D eigenvalue weighted by molar-refractivity contribution is -0.114. The normalized spacial score (nSPS) is 11.3. The Morgan fingerprint density at radius 2 is 1.74 bits per heavy atom. The minimum atomic E-state index is -3.96. The highest BCUT2D eigenvalue weighted by atomic mass is 32.2. The highest BCUT2D eigenvalue weighted by Gasteiger charge is 2.27. The maximum Gasteiger partial charge on any atom is 0.304 e. The number of rotatable bonds is 8. The van der Waals surface area contributed by atoms with Crippen molar-refractivity contribution in [2.75, 3.05) is 36.9 Å². The molecule has 0 aliphatic carbocycles. The third-order valence-electron chi connectivity index (χ3n) is 3.60. The Balaban J connectivity index is 2.28. The summed E-state index contributed by atoms with van der Waals surface area (Å²) in [5, 5.41) is 2.66.